The van der Waals surface area contributed by atoms with Gasteiger partial charge in [-0.3, -0.25) is 24.0 Å². The lowest BCUT2D eigenvalue weighted by Gasteiger charge is -2.20. The van der Waals surface area contributed by atoms with E-state index in [1.165, 1.54) is 11.8 Å². The van der Waals surface area contributed by atoms with Gasteiger partial charge in [-0.25, -0.2) is 0 Å². The highest BCUT2D eigenvalue weighted by Gasteiger charge is 2.24. The number of carbonyl (C=O) groups excluding carboxylic acids is 3. The van der Waals surface area contributed by atoms with E-state index in [1.807, 2.05) is 6.26 Å². The monoisotopic (exact) mass is 392 g/mol. The van der Waals surface area contributed by atoms with E-state index in [0.29, 0.717) is 12.2 Å². The van der Waals surface area contributed by atoms with Crippen molar-refractivity contribution >= 4 is 41.4 Å². The second-order valence-corrected chi connectivity index (χ2v) is 6.26. The lowest BCUT2D eigenvalue weighted by molar-refractivity contribution is -0.138. The minimum atomic E-state index is -1.24. The number of rotatable bonds is 13. The van der Waals surface area contributed by atoms with Crippen LogP contribution in [0.4, 0.5) is 0 Å². The normalized spacial score (nSPS) is 12.5. The van der Waals surface area contributed by atoms with Crippen molar-refractivity contribution in [1.29, 1.82) is 0 Å². The summed E-state index contributed by atoms with van der Waals surface area (Å²) >= 11 is 1.50. The Hall–Kier alpha value is -2.34. The zero-order valence-electron chi connectivity index (χ0n) is 14.3. The predicted octanol–water partition coefficient (Wildman–Crippen LogP) is -2.27. The summed E-state index contributed by atoms with van der Waals surface area (Å²) in [4.78, 5) is 56.6. The molecule has 7 N–H and O–H groups in total. The van der Waals surface area contributed by atoms with Crippen LogP contribution in [0.3, 0.4) is 0 Å². The van der Waals surface area contributed by atoms with Crippen molar-refractivity contribution in [1.82, 2.24) is 16.0 Å². The van der Waals surface area contributed by atoms with Crippen molar-refractivity contribution in [2.45, 2.75) is 31.3 Å². The molecule has 3 amide bonds. The van der Waals surface area contributed by atoms with Crippen LogP contribution in [-0.4, -0.2) is 77.1 Å². The maximum atomic E-state index is 12.1. The van der Waals surface area contributed by atoms with Gasteiger partial charge < -0.3 is 31.9 Å². The Labute approximate surface area is 154 Å². The predicted molar refractivity (Wildman–Crippen MR) is 93.4 cm³/mol. The van der Waals surface area contributed by atoms with E-state index in [2.05, 4.69) is 16.0 Å². The van der Waals surface area contributed by atoms with Crippen molar-refractivity contribution in [3.63, 3.8) is 0 Å². The molecule has 0 saturated heterocycles. The summed E-state index contributed by atoms with van der Waals surface area (Å²) in [6, 6.07) is -2.02. The highest BCUT2D eigenvalue weighted by atomic mass is 32.2. The minimum absolute atomic E-state index is 0.182. The quantitative estimate of drug-likeness (QED) is 0.201. The van der Waals surface area contributed by atoms with E-state index in [4.69, 9.17) is 15.9 Å². The van der Waals surface area contributed by atoms with Gasteiger partial charge in [0, 0.05) is 6.42 Å². The first-order valence-electron chi connectivity index (χ1n) is 7.70. The molecule has 0 aromatic rings. The molecular formula is C14H24N4O7S. The number of thioether (sulfide) groups is 1. The SMILES string of the molecule is CSCCC(N)C(=O)NC(CCC(=O)O)C(=O)NCC(=O)NCC(=O)O. The smallest absolute Gasteiger partial charge is 0.322 e. The molecule has 0 saturated carbocycles. The zero-order valence-corrected chi connectivity index (χ0v) is 15.1. The molecule has 2 unspecified atom stereocenters. The number of hydrogen-bond donors (Lipinski definition) is 6. The Morgan fingerprint density at radius 1 is 0.962 bits per heavy atom. The minimum Gasteiger partial charge on any atom is -0.481 e. The highest BCUT2D eigenvalue weighted by Crippen LogP contribution is 2.02. The van der Waals surface area contributed by atoms with Gasteiger partial charge in [-0.15, -0.1) is 0 Å². The van der Waals surface area contributed by atoms with E-state index in [1.54, 1.807) is 0 Å². The molecule has 0 aromatic heterocycles. The van der Waals surface area contributed by atoms with Gasteiger partial charge >= 0.3 is 11.9 Å². The molecule has 0 aromatic carbocycles. The third kappa shape index (κ3) is 11.3. The van der Waals surface area contributed by atoms with Crippen molar-refractivity contribution in [3.8, 4) is 0 Å². The molecule has 0 spiro atoms. The van der Waals surface area contributed by atoms with E-state index >= 15 is 0 Å². The van der Waals surface area contributed by atoms with Gasteiger partial charge in [-0.1, -0.05) is 0 Å². The fourth-order valence-electron chi connectivity index (χ4n) is 1.72. The third-order valence-electron chi connectivity index (χ3n) is 3.11. The Morgan fingerprint density at radius 2 is 1.62 bits per heavy atom. The van der Waals surface area contributed by atoms with Crippen LogP contribution in [0.5, 0.6) is 0 Å². The molecule has 0 aliphatic carbocycles. The van der Waals surface area contributed by atoms with E-state index in [0.717, 1.165) is 0 Å². The standard InChI is InChI=1S/C14H24N4O7S/c1-26-5-4-8(15)13(24)18-9(2-3-11(20)21)14(25)17-6-10(19)16-7-12(22)23/h8-9H,2-7,15H2,1H3,(H,16,19)(H,17,25)(H,18,24)(H,20,21)(H,22,23). The number of amides is 3. The largest absolute Gasteiger partial charge is 0.481 e. The molecule has 26 heavy (non-hydrogen) atoms. The van der Waals surface area contributed by atoms with Crippen LogP contribution < -0.4 is 21.7 Å². The van der Waals surface area contributed by atoms with Gasteiger partial charge in [0.1, 0.15) is 12.6 Å². The number of carboxylic acids is 2. The third-order valence-corrected chi connectivity index (χ3v) is 3.75. The first-order chi connectivity index (χ1) is 12.2. The number of hydrogen-bond acceptors (Lipinski definition) is 7. The van der Waals surface area contributed by atoms with Gasteiger partial charge in [0.25, 0.3) is 0 Å². The molecule has 0 heterocycles. The Morgan fingerprint density at radius 3 is 2.15 bits per heavy atom. The molecule has 0 bridgehead atoms. The van der Waals surface area contributed by atoms with Crippen molar-refractivity contribution in [3.05, 3.63) is 0 Å². The van der Waals surface area contributed by atoms with Crippen LogP contribution in [0.2, 0.25) is 0 Å². The summed E-state index contributed by atoms with van der Waals surface area (Å²) in [6.07, 6.45) is 1.68. The van der Waals surface area contributed by atoms with Crippen LogP contribution in [0.25, 0.3) is 0 Å². The Balaban J connectivity index is 4.66. The summed E-state index contributed by atoms with van der Waals surface area (Å²) < 4.78 is 0. The molecule has 0 aliphatic rings. The molecule has 0 radical (unpaired) electrons. The topological polar surface area (TPSA) is 188 Å². The average Bonchev–Trinajstić information content (AvgIpc) is 2.58. The van der Waals surface area contributed by atoms with Crippen LogP contribution in [-0.2, 0) is 24.0 Å². The summed E-state index contributed by atoms with van der Waals surface area (Å²) in [5.41, 5.74) is 5.70. The highest BCUT2D eigenvalue weighted by molar-refractivity contribution is 7.98. The molecular weight excluding hydrogens is 368 g/mol. The maximum Gasteiger partial charge on any atom is 0.322 e. The van der Waals surface area contributed by atoms with Crippen LogP contribution in [0, 0.1) is 0 Å². The fraction of sp³-hybridized carbons (Fsp3) is 0.643. The molecule has 11 nitrogen and oxygen atoms in total. The van der Waals surface area contributed by atoms with Crippen molar-refractivity contribution in [2.75, 3.05) is 25.1 Å². The van der Waals surface area contributed by atoms with Crippen molar-refractivity contribution < 1.29 is 34.2 Å². The van der Waals surface area contributed by atoms with Gasteiger partial charge in [0.05, 0.1) is 12.6 Å². The van der Waals surface area contributed by atoms with Crippen LogP contribution in [0.1, 0.15) is 19.3 Å². The molecule has 0 fully saturated rings. The lowest BCUT2D eigenvalue weighted by atomic mass is 10.1. The lowest BCUT2D eigenvalue weighted by Crippen LogP contribution is -2.53. The number of carboxylic acid groups (broad SMARTS) is 2. The van der Waals surface area contributed by atoms with Gasteiger partial charge in [0.15, 0.2) is 0 Å². The van der Waals surface area contributed by atoms with Crippen molar-refractivity contribution in [2.24, 2.45) is 5.73 Å². The second kappa shape index (κ2) is 12.9. The van der Waals surface area contributed by atoms with E-state index < -0.39 is 54.8 Å². The number of nitrogens with one attached hydrogen (secondary N) is 3. The summed E-state index contributed by atoms with van der Waals surface area (Å²) in [6.45, 7) is -1.11. The summed E-state index contributed by atoms with van der Waals surface area (Å²) in [7, 11) is 0. The van der Waals surface area contributed by atoms with Gasteiger partial charge in [-0.2, -0.15) is 11.8 Å². The molecule has 148 valence electrons. The van der Waals surface area contributed by atoms with Gasteiger partial charge in [0.2, 0.25) is 17.7 Å². The first kappa shape index (κ1) is 23.7. The molecule has 12 heteroatoms. The first-order valence-corrected chi connectivity index (χ1v) is 9.09. The molecule has 2 atom stereocenters. The Bertz CT molecular complexity index is 529. The zero-order chi connectivity index (χ0) is 20.1. The number of aliphatic carboxylic acids is 2. The summed E-state index contributed by atoms with van der Waals surface area (Å²) in [5.74, 6) is -3.84. The average molecular weight is 392 g/mol. The van der Waals surface area contributed by atoms with Crippen LogP contribution >= 0.6 is 11.8 Å². The summed E-state index contributed by atoms with van der Waals surface area (Å²) in [5, 5.41) is 23.8. The molecule has 0 aliphatic heterocycles. The molecule has 0 rings (SSSR count). The van der Waals surface area contributed by atoms with Gasteiger partial charge in [-0.05, 0) is 24.9 Å². The number of nitrogens with two attached hydrogens (primary N) is 1. The second-order valence-electron chi connectivity index (χ2n) is 5.27. The van der Waals surface area contributed by atoms with E-state index in [-0.39, 0.29) is 12.8 Å². The maximum absolute atomic E-state index is 12.1. The number of carbonyl (C=O) groups is 5. The fourth-order valence-corrected chi connectivity index (χ4v) is 2.21. The Kier molecular flexibility index (Phi) is 11.8. The van der Waals surface area contributed by atoms with Crippen LogP contribution in [0.15, 0.2) is 0 Å². The van der Waals surface area contributed by atoms with E-state index in [9.17, 15) is 24.0 Å².